The molecule has 0 fully saturated rings. The second kappa shape index (κ2) is 10.4. The summed E-state index contributed by atoms with van der Waals surface area (Å²) in [4.78, 5) is 11.2. The molecule has 0 aliphatic carbocycles. The van der Waals surface area contributed by atoms with Crippen LogP contribution in [0.1, 0.15) is 33.2 Å². The first-order chi connectivity index (χ1) is 15.6. The minimum atomic E-state index is -4.05. The Morgan fingerprint density at radius 2 is 1.82 bits per heavy atom. The topological polar surface area (TPSA) is 130 Å². The van der Waals surface area contributed by atoms with Crippen LogP contribution in [-0.4, -0.2) is 37.6 Å². The number of benzene rings is 3. The number of carbonyl (C=O) groups is 1. The third kappa shape index (κ3) is 5.91. The number of aryl methyl sites for hydroxylation is 1. The molecule has 5 N–H and O–H groups in total. The van der Waals surface area contributed by atoms with Gasteiger partial charge in [0.05, 0.1) is 16.6 Å². The lowest BCUT2D eigenvalue weighted by Crippen LogP contribution is -2.23. The molecule has 0 heterocycles. The zero-order chi connectivity index (χ0) is 24.2. The molecule has 0 aromatic heterocycles. The summed E-state index contributed by atoms with van der Waals surface area (Å²) in [5.41, 5.74) is 7.12. The number of amides is 1. The second-order valence-electron chi connectivity index (χ2n) is 7.70. The standard InChI is InChI=1S/C24H25ClN2O5S/c1-15-11-20(24(26)30)23(29)22(12-15)33(31,32)19-7-5-16(6-8-19)9-10-27-14-21(28)17-3-2-4-18(25)13-17/h2-8,11-13,21,27-29H,9-10,14H2,1H3,(H2,26,30)/t21-/m0/s1. The fourth-order valence-electron chi connectivity index (χ4n) is 3.40. The monoisotopic (exact) mass is 488 g/mol. The van der Waals surface area contributed by atoms with Crippen LogP contribution < -0.4 is 11.1 Å². The van der Waals surface area contributed by atoms with Crippen LogP contribution in [0.5, 0.6) is 5.75 Å². The molecule has 0 radical (unpaired) electrons. The van der Waals surface area contributed by atoms with Gasteiger partial charge >= 0.3 is 0 Å². The minimum Gasteiger partial charge on any atom is -0.506 e. The molecule has 0 bridgehead atoms. The largest absolute Gasteiger partial charge is 0.506 e. The fraction of sp³-hybridized carbons (Fsp3) is 0.208. The van der Waals surface area contributed by atoms with Crippen LogP contribution >= 0.6 is 11.6 Å². The van der Waals surface area contributed by atoms with Crippen molar-refractivity contribution < 1.29 is 23.4 Å². The van der Waals surface area contributed by atoms with E-state index in [4.69, 9.17) is 17.3 Å². The molecule has 0 saturated carbocycles. The number of nitrogens with two attached hydrogens (primary N) is 1. The highest BCUT2D eigenvalue weighted by Crippen LogP contribution is 2.32. The molecule has 0 spiro atoms. The first-order valence-electron chi connectivity index (χ1n) is 10.2. The Morgan fingerprint density at radius 1 is 1.12 bits per heavy atom. The van der Waals surface area contributed by atoms with E-state index in [1.54, 1.807) is 43.3 Å². The summed E-state index contributed by atoms with van der Waals surface area (Å²) in [6.45, 7) is 2.54. The fourth-order valence-corrected chi connectivity index (χ4v) is 5.06. The SMILES string of the molecule is Cc1cc(C(N)=O)c(O)c(S(=O)(=O)c2ccc(CCNC[C@H](O)c3cccc(Cl)c3)cc2)c1. The van der Waals surface area contributed by atoms with Crippen LogP contribution in [0.15, 0.2) is 70.5 Å². The van der Waals surface area contributed by atoms with Gasteiger partial charge in [-0.1, -0.05) is 35.9 Å². The summed E-state index contributed by atoms with van der Waals surface area (Å²) in [7, 11) is -4.05. The average molecular weight is 489 g/mol. The van der Waals surface area contributed by atoms with Crippen molar-refractivity contribution in [2.24, 2.45) is 5.73 Å². The molecule has 0 aliphatic heterocycles. The number of nitrogens with one attached hydrogen (secondary N) is 1. The van der Waals surface area contributed by atoms with Gasteiger partial charge in [0, 0.05) is 11.6 Å². The molecule has 3 aromatic carbocycles. The van der Waals surface area contributed by atoms with Crippen molar-refractivity contribution >= 4 is 27.3 Å². The molecule has 9 heteroatoms. The molecule has 33 heavy (non-hydrogen) atoms. The lowest BCUT2D eigenvalue weighted by atomic mass is 10.1. The molecular weight excluding hydrogens is 464 g/mol. The van der Waals surface area contributed by atoms with Gasteiger partial charge in [-0.2, -0.15) is 0 Å². The van der Waals surface area contributed by atoms with Gasteiger partial charge in [0.25, 0.3) is 5.91 Å². The van der Waals surface area contributed by atoms with E-state index in [-0.39, 0.29) is 15.4 Å². The molecule has 0 aliphatic rings. The van der Waals surface area contributed by atoms with E-state index in [9.17, 15) is 23.4 Å². The van der Waals surface area contributed by atoms with Crippen molar-refractivity contribution in [2.45, 2.75) is 29.2 Å². The Labute approximate surface area is 197 Å². The van der Waals surface area contributed by atoms with Crippen molar-refractivity contribution in [3.8, 4) is 5.75 Å². The Kier molecular flexibility index (Phi) is 7.76. The smallest absolute Gasteiger partial charge is 0.252 e. The maximum Gasteiger partial charge on any atom is 0.252 e. The highest BCUT2D eigenvalue weighted by molar-refractivity contribution is 7.91. The quantitative estimate of drug-likeness (QED) is 0.342. The Bertz CT molecular complexity index is 1260. The zero-order valence-electron chi connectivity index (χ0n) is 18.0. The Morgan fingerprint density at radius 3 is 2.45 bits per heavy atom. The lowest BCUT2D eigenvalue weighted by Gasteiger charge is -2.13. The van der Waals surface area contributed by atoms with Crippen LogP contribution in [0.3, 0.4) is 0 Å². The number of hydrogen-bond donors (Lipinski definition) is 4. The van der Waals surface area contributed by atoms with Crippen molar-refractivity contribution in [3.63, 3.8) is 0 Å². The number of aliphatic hydroxyl groups excluding tert-OH is 1. The van der Waals surface area contributed by atoms with Crippen LogP contribution in [0.4, 0.5) is 0 Å². The summed E-state index contributed by atoms with van der Waals surface area (Å²) < 4.78 is 26.1. The van der Waals surface area contributed by atoms with Gasteiger partial charge in [-0.25, -0.2) is 8.42 Å². The van der Waals surface area contributed by atoms with Gasteiger partial charge in [-0.15, -0.1) is 0 Å². The van der Waals surface area contributed by atoms with E-state index in [0.29, 0.717) is 30.1 Å². The number of sulfone groups is 1. The number of hydrogen-bond acceptors (Lipinski definition) is 6. The third-order valence-electron chi connectivity index (χ3n) is 5.17. The number of halogens is 1. The summed E-state index contributed by atoms with van der Waals surface area (Å²) in [5.74, 6) is -1.56. The highest BCUT2D eigenvalue weighted by atomic mass is 35.5. The number of aromatic hydroxyl groups is 1. The molecule has 0 unspecified atom stereocenters. The van der Waals surface area contributed by atoms with E-state index >= 15 is 0 Å². The molecule has 174 valence electrons. The maximum absolute atomic E-state index is 13.0. The van der Waals surface area contributed by atoms with E-state index in [2.05, 4.69) is 5.32 Å². The van der Waals surface area contributed by atoms with E-state index in [1.165, 1.54) is 24.3 Å². The van der Waals surface area contributed by atoms with E-state index in [0.717, 1.165) is 11.1 Å². The van der Waals surface area contributed by atoms with E-state index < -0.39 is 27.6 Å². The highest BCUT2D eigenvalue weighted by Gasteiger charge is 2.25. The average Bonchev–Trinajstić information content (AvgIpc) is 2.78. The Balaban J connectivity index is 1.65. The van der Waals surface area contributed by atoms with Gasteiger partial charge in [-0.3, -0.25) is 4.79 Å². The van der Waals surface area contributed by atoms with Gasteiger partial charge in [0.2, 0.25) is 9.84 Å². The number of primary amides is 1. The minimum absolute atomic E-state index is 0.00749. The Hall–Kier alpha value is -2.91. The third-order valence-corrected chi connectivity index (χ3v) is 7.19. The predicted octanol–water partition coefficient (Wildman–Crippen LogP) is 3.15. The normalized spacial score (nSPS) is 12.5. The van der Waals surface area contributed by atoms with Crippen molar-refractivity contribution in [3.05, 3.63) is 87.9 Å². The molecule has 1 amide bonds. The summed E-state index contributed by atoms with van der Waals surface area (Å²) in [5, 5.41) is 24.3. The summed E-state index contributed by atoms with van der Waals surface area (Å²) in [6.07, 6.45) is -0.0760. The number of rotatable bonds is 9. The van der Waals surface area contributed by atoms with Gasteiger partial charge in [-0.05, 0) is 73.0 Å². The number of aliphatic hydroxyl groups is 1. The first kappa shape index (κ1) is 24.7. The predicted molar refractivity (Wildman–Crippen MR) is 126 cm³/mol. The molecule has 1 atom stereocenters. The van der Waals surface area contributed by atoms with Crippen molar-refractivity contribution in [1.82, 2.24) is 5.32 Å². The first-order valence-corrected chi connectivity index (χ1v) is 12.1. The van der Waals surface area contributed by atoms with Gasteiger partial charge < -0.3 is 21.3 Å². The van der Waals surface area contributed by atoms with Crippen LogP contribution in [0.2, 0.25) is 5.02 Å². The molecule has 3 rings (SSSR count). The lowest BCUT2D eigenvalue weighted by molar-refractivity contribution is 0.0997. The molecular formula is C24H25ClN2O5S. The molecule has 0 saturated heterocycles. The van der Waals surface area contributed by atoms with Crippen molar-refractivity contribution in [2.75, 3.05) is 13.1 Å². The maximum atomic E-state index is 13.0. The summed E-state index contributed by atoms with van der Waals surface area (Å²) >= 11 is 5.94. The number of carbonyl (C=O) groups excluding carboxylic acids is 1. The number of phenols is 1. The van der Waals surface area contributed by atoms with E-state index in [1.807, 2.05) is 0 Å². The van der Waals surface area contributed by atoms with Crippen molar-refractivity contribution in [1.29, 1.82) is 0 Å². The van der Waals surface area contributed by atoms with Crippen LogP contribution in [-0.2, 0) is 16.3 Å². The second-order valence-corrected chi connectivity index (χ2v) is 10.1. The van der Waals surface area contributed by atoms with Crippen LogP contribution in [0.25, 0.3) is 0 Å². The van der Waals surface area contributed by atoms with Crippen LogP contribution in [0, 0.1) is 6.92 Å². The van der Waals surface area contributed by atoms with Gasteiger partial charge in [0.15, 0.2) is 0 Å². The molecule has 7 nitrogen and oxygen atoms in total. The molecule has 3 aromatic rings. The summed E-state index contributed by atoms with van der Waals surface area (Å²) in [6, 6.07) is 16.0. The van der Waals surface area contributed by atoms with Gasteiger partial charge in [0.1, 0.15) is 10.6 Å². The zero-order valence-corrected chi connectivity index (χ0v) is 19.5.